The molecule has 4 aromatic rings. The van der Waals surface area contributed by atoms with E-state index in [1.165, 1.54) is 24.3 Å². The van der Waals surface area contributed by atoms with Crippen molar-refractivity contribution in [2.45, 2.75) is 70.9 Å². The fourth-order valence-electron chi connectivity index (χ4n) is 8.67. The van der Waals surface area contributed by atoms with Gasteiger partial charge in [-0.2, -0.15) is 55.1 Å². The van der Waals surface area contributed by atoms with E-state index in [4.69, 9.17) is 0 Å². The number of anilines is 1. The maximum atomic E-state index is 12.5. The molecule has 2 aliphatic heterocycles. The van der Waals surface area contributed by atoms with E-state index in [9.17, 15) is 77.8 Å². The molecule has 0 saturated carbocycles. The first-order valence-corrected chi connectivity index (χ1v) is 28.9. The molecule has 0 radical (unpaired) electrons. The zero-order chi connectivity index (χ0) is 49.5. The first kappa shape index (κ1) is 55.6. The number of fused-ring (bicyclic) bond motifs is 6. The molecule has 2 aliphatic rings. The van der Waals surface area contributed by atoms with Crippen LogP contribution in [-0.4, -0.2) is 113 Å². The molecule has 360 valence electrons. The molecule has 0 aromatic heterocycles. The molecular weight excluding hydrogens is 1100 g/mol. The van der Waals surface area contributed by atoms with Crippen LogP contribution >= 0.6 is 15.9 Å². The Morgan fingerprint density at radius 3 is 1.60 bits per heavy atom. The first-order chi connectivity index (χ1) is 29.9. The molecule has 0 atom stereocenters. The quantitative estimate of drug-likeness (QED) is 0.0431. The molecule has 20 nitrogen and oxygen atoms in total. The fourth-order valence-corrected chi connectivity index (χ4v) is 12.6. The third-order valence-corrected chi connectivity index (χ3v) is 16.9. The molecule has 4 aromatic carbocycles. The Morgan fingerprint density at radius 1 is 0.642 bits per heavy atom. The monoisotopic (exact) mass is 1140 g/mol. The van der Waals surface area contributed by atoms with Gasteiger partial charge in [0.2, 0.25) is 5.69 Å². The van der Waals surface area contributed by atoms with Crippen molar-refractivity contribution >= 4 is 115 Å². The number of benzene rings is 4. The van der Waals surface area contributed by atoms with Gasteiger partial charge in [-0.3, -0.25) is 27.3 Å². The third kappa shape index (κ3) is 11.7. The van der Waals surface area contributed by atoms with Crippen LogP contribution in [0.4, 0.5) is 11.4 Å². The van der Waals surface area contributed by atoms with Crippen LogP contribution < -0.4 is 56.3 Å². The Kier molecular flexibility index (Phi) is 15.8. The summed E-state index contributed by atoms with van der Waals surface area (Å²) in [6.45, 7) is 6.72. The SMILES string of the molecule is CC1(C)C(/C=C/C(Br)=C/C=C2\N(CCCS(=O)(=O)O)c3ccc4c(S(=O)(=O)O)cc(S(=O)(=O)O)cc4c3C2(C)C)=[N+](CCCS(=O)(=O)O)c2ccc3c(S(=O)(=O)O)cc(S(=O)(=O)O)cc3c21.[H-].[K+]. The Balaban J connectivity index is 0.00000504. The molecule has 0 amide bonds. The molecule has 0 bridgehead atoms. The van der Waals surface area contributed by atoms with Crippen molar-refractivity contribution in [2.24, 2.45) is 0 Å². The third-order valence-electron chi connectivity index (χ3n) is 11.3. The maximum absolute atomic E-state index is 12.5. The Morgan fingerprint density at radius 2 is 1.12 bits per heavy atom. The van der Waals surface area contributed by atoms with Crippen LogP contribution in [0.25, 0.3) is 21.5 Å². The van der Waals surface area contributed by atoms with Gasteiger partial charge in [-0.25, -0.2) is 0 Å². The van der Waals surface area contributed by atoms with E-state index in [1.54, 1.807) is 61.5 Å². The van der Waals surface area contributed by atoms with Crippen LogP contribution in [0.3, 0.4) is 0 Å². The van der Waals surface area contributed by atoms with Gasteiger partial charge in [0.25, 0.3) is 60.7 Å². The predicted molar refractivity (Wildman–Crippen MR) is 248 cm³/mol. The van der Waals surface area contributed by atoms with Crippen LogP contribution in [0.15, 0.2) is 103 Å². The van der Waals surface area contributed by atoms with Gasteiger partial charge in [-0.15, -0.1) is 0 Å². The van der Waals surface area contributed by atoms with Gasteiger partial charge in [0, 0.05) is 62.7 Å². The van der Waals surface area contributed by atoms with E-state index in [2.05, 4.69) is 15.9 Å². The fraction of sp³-hybridized carbons (Fsp3) is 0.308. The number of hydrogen-bond acceptors (Lipinski definition) is 13. The van der Waals surface area contributed by atoms with Crippen LogP contribution in [0.2, 0.25) is 0 Å². The molecule has 2 heterocycles. The Hall–Kier alpha value is -2.33. The Labute approximate surface area is 440 Å². The van der Waals surface area contributed by atoms with E-state index in [0.717, 1.165) is 12.1 Å². The average Bonchev–Trinajstić information content (AvgIpc) is 3.50. The average molecular weight is 1140 g/mol. The van der Waals surface area contributed by atoms with Crippen molar-refractivity contribution < 1.29 is 135 Å². The minimum atomic E-state index is -5.06. The minimum absolute atomic E-state index is 0. The summed E-state index contributed by atoms with van der Waals surface area (Å²) in [5, 5.41) is -0.158. The van der Waals surface area contributed by atoms with Gasteiger partial charge >= 0.3 is 51.4 Å². The smallest absolute Gasteiger partial charge is 1.00 e. The number of hydrogen-bond donors (Lipinski definition) is 6. The van der Waals surface area contributed by atoms with Gasteiger partial charge in [0.05, 0.1) is 26.7 Å². The van der Waals surface area contributed by atoms with Gasteiger partial charge < -0.3 is 6.33 Å². The zero-order valence-corrected chi connectivity index (χ0v) is 45.6. The topological polar surface area (TPSA) is 332 Å². The second-order valence-electron chi connectivity index (χ2n) is 16.5. The summed E-state index contributed by atoms with van der Waals surface area (Å²) in [4.78, 5) is -1.60. The van der Waals surface area contributed by atoms with Crippen LogP contribution in [0.5, 0.6) is 0 Å². The molecule has 6 N–H and O–H groups in total. The largest absolute Gasteiger partial charge is 1.00 e. The van der Waals surface area contributed by atoms with E-state index in [1.807, 2.05) is 0 Å². The second-order valence-corrected chi connectivity index (χ2v) is 26.2. The summed E-state index contributed by atoms with van der Waals surface area (Å²) in [6.07, 6.45) is 6.15. The summed E-state index contributed by atoms with van der Waals surface area (Å²) < 4.78 is 208. The van der Waals surface area contributed by atoms with Crippen molar-refractivity contribution in [3.05, 3.63) is 94.1 Å². The van der Waals surface area contributed by atoms with Crippen molar-refractivity contribution in [3.63, 3.8) is 0 Å². The number of nitrogens with zero attached hydrogens (tertiary/aromatic N) is 2. The summed E-state index contributed by atoms with van der Waals surface area (Å²) in [6, 6.07) is 8.92. The standard InChI is InChI=1S/C39H41BrN2O18S6.K.H/c1-38(2)34(41(15-5-17-61(43,44)45)30-11-9-26-28(36(30)38)19-24(63(49,50)51)21-32(26)65(55,56)57)13-7-23(40)8-14-35-39(3,4)37-29-20-25(64(52,53)54)22-33(66(58,59)60)27(29)10-12-31(37)42(35)16-6-18-62(46,47)48;;/h7-14,19-22H,5-6,15-18H2,1-4H3,(H5-,43,44,45,46,47,48,49,50,51,52,53,54,55,56,57,58,59,60);;/q;+1;-1/p+1. The molecule has 0 aliphatic carbocycles. The summed E-state index contributed by atoms with van der Waals surface area (Å²) in [5.74, 6) is -1.30. The number of allylic oxidation sites excluding steroid dienone is 6. The van der Waals surface area contributed by atoms with E-state index in [-0.39, 0.29) is 100 Å². The predicted octanol–water partition coefficient (Wildman–Crippen LogP) is 2.55. The van der Waals surface area contributed by atoms with E-state index >= 15 is 0 Å². The summed E-state index contributed by atoms with van der Waals surface area (Å²) >= 11 is 3.52. The Bertz CT molecular complexity index is 3610. The zero-order valence-electron chi connectivity index (χ0n) is 37.0. The van der Waals surface area contributed by atoms with E-state index in [0.29, 0.717) is 50.5 Å². The molecule has 0 fully saturated rings. The van der Waals surface area contributed by atoms with Gasteiger partial charge in [0.1, 0.15) is 16.3 Å². The normalized spacial score (nSPS) is 17.4. The van der Waals surface area contributed by atoms with Crippen molar-refractivity contribution in [1.29, 1.82) is 0 Å². The van der Waals surface area contributed by atoms with Crippen LogP contribution in [0.1, 0.15) is 53.1 Å². The maximum Gasteiger partial charge on any atom is 1.00 e. The molecular formula is C39H43BrKN2O18S6+. The molecule has 28 heteroatoms. The van der Waals surface area contributed by atoms with Crippen LogP contribution in [0, 0.1) is 0 Å². The number of rotatable bonds is 15. The summed E-state index contributed by atoms with van der Waals surface area (Å²) in [5.41, 5.74) is -0.0397. The van der Waals surface area contributed by atoms with Crippen molar-refractivity contribution in [3.8, 4) is 0 Å². The van der Waals surface area contributed by atoms with Crippen LogP contribution in [-0.2, 0) is 71.5 Å². The van der Waals surface area contributed by atoms with Gasteiger partial charge in [0.15, 0.2) is 5.71 Å². The number of halogens is 1. The molecule has 6 rings (SSSR count). The molecule has 67 heavy (non-hydrogen) atoms. The van der Waals surface area contributed by atoms with Gasteiger partial charge in [-0.05, 0) is 91.2 Å². The molecule has 0 spiro atoms. The van der Waals surface area contributed by atoms with E-state index < -0.39 is 103 Å². The minimum Gasteiger partial charge on any atom is -1.00 e. The van der Waals surface area contributed by atoms with Crippen molar-refractivity contribution in [2.75, 3.05) is 29.5 Å². The molecule has 0 unspecified atom stereocenters. The van der Waals surface area contributed by atoms with Gasteiger partial charge in [-0.1, -0.05) is 35.8 Å². The summed E-state index contributed by atoms with van der Waals surface area (Å²) in [7, 11) is -29.0. The molecule has 0 saturated heterocycles. The first-order valence-electron chi connectivity index (χ1n) is 19.2. The van der Waals surface area contributed by atoms with Crippen molar-refractivity contribution in [1.82, 2.24) is 0 Å². The second kappa shape index (κ2) is 19.0.